The van der Waals surface area contributed by atoms with E-state index >= 15 is 0 Å². The van der Waals surface area contributed by atoms with Gasteiger partial charge in [-0.05, 0) is 24.3 Å². The highest BCUT2D eigenvalue weighted by molar-refractivity contribution is 7.10. The standard InChI is InChI=1S/C13H22N2OS/c1-8(2)12(11-6-5-7-17-11)15-13(16)9(3)10(4)14/h5-10,12H,14H2,1-4H3,(H,15,16). The molecule has 0 aliphatic carbocycles. The molecule has 0 aliphatic heterocycles. The molecular formula is C13H22N2OS. The molecule has 0 saturated carbocycles. The van der Waals surface area contributed by atoms with Crippen molar-refractivity contribution >= 4 is 17.2 Å². The summed E-state index contributed by atoms with van der Waals surface area (Å²) < 4.78 is 0. The third-order valence-corrected chi connectivity index (χ3v) is 3.97. The molecule has 1 aromatic rings. The lowest BCUT2D eigenvalue weighted by molar-refractivity contribution is -0.126. The van der Waals surface area contributed by atoms with Crippen molar-refractivity contribution in [1.29, 1.82) is 0 Å². The molecule has 0 aliphatic rings. The molecule has 17 heavy (non-hydrogen) atoms. The van der Waals surface area contributed by atoms with Gasteiger partial charge in [-0.25, -0.2) is 0 Å². The SMILES string of the molecule is CC(C)C(NC(=O)C(C)C(C)N)c1cccs1. The predicted molar refractivity (Wildman–Crippen MR) is 72.9 cm³/mol. The van der Waals surface area contributed by atoms with Crippen molar-refractivity contribution in [3.8, 4) is 0 Å². The first-order chi connectivity index (χ1) is 7.93. The quantitative estimate of drug-likeness (QED) is 0.848. The molecule has 4 heteroatoms. The van der Waals surface area contributed by atoms with Gasteiger partial charge in [-0.15, -0.1) is 11.3 Å². The molecule has 1 heterocycles. The van der Waals surface area contributed by atoms with Gasteiger partial charge >= 0.3 is 0 Å². The van der Waals surface area contributed by atoms with Crippen molar-refractivity contribution in [2.75, 3.05) is 0 Å². The van der Waals surface area contributed by atoms with E-state index in [1.54, 1.807) is 11.3 Å². The second kappa shape index (κ2) is 6.17. The molecule has 3 N–H and O–H groups in total. The summed E-state index contributed by atoms with van der Waals surface area (Å²) in [5.41, 5.74) is 5.75. The first-order valence-corrected chi connectivity index (χ1v) is 6.90. The summed E-state index contributed by atoms with van der Waals surface area (Å²) in [6.45, 7) is 7.95. The van der Waals surface area contributed by atoms with Crippen LogP contribution in [0.15, 0.2) is 17.5 Å². The Morgan fingerprint density at radius 3 is 2.41 bits per heavy atom. The van der Waals surface area contributed by atoms with Crippen LogP contribution >= 0.6 is 11.3 Å². The van der Waals surface area contributed by atoms with Crippen LogP contribution in [0.5, 0.6) is 0 Å². The van der Waals surface area contributed by atoms with E-state index in [9.17, 15) is 4.79 Å². The summed E-state index contributed by atoms with van der Waals surface area (Å²) in [6, 6.07) is 4.04. The molecule has 0 saturated heterocycles. The number of nitrogens with two attached hydrogens (primary N) is 1. The maximum atomic E-state index is 12.0. The summed E-state index contributed by atoms with van der Waals surface area (Å²) in [5.74, 6) is 0.251. The minimum atomic E-state index is -0.156. The van der Waals surface area contributed by atoms with Crippen LogP contribution in [-0.2, 0) is 4.79 Å². The number of hydrogen-bond acceptors (Lipinski definition) is 3. The Kier molecular flexibility index (Phi) is 5.15. The van der Waals surface area contributed by atoms with Gasteiger partial charge in [0.25, 0.3) is 0 Å². The van der Waals surface area contributed by atoms with Gasteiger partial charge < -0.3 is 11.1 Å². The number of amides is 1. The molecule has 0 fully saturated rings. The molecule has 3 atom stereocenters. The largest absolute Gasteiger partial charge is 0.348 e. The first kappa shape index (κ1) is 14.2. The van der Waals surface area contributed by atoms with Crippen molar-refractivity contribution in [2.45, 2.75) is 39.8 Å². The monoisotopic (exact) mass is 254 g/mol. The van der Waals surface area contributed by atoms with E-state index in [0.717, 1.165) is 0 Å². The van der Waals surface area contributed by atoms with Gasteiger partial charge in [-0.1, -0.05) is 26.8 Å². The fraction of sp³-hybridized carbons (Fsp3) is 0.615. The Hall–Kier alpha value is -0.870. The number of rotatable bonds is 5. The fourth-order valence-corrected chi connectivity index (χ4v) is 2.51. The van der Waals surface area contributed by atoms with Gasteiger partial charge in [0.1, 0.15) is 0 Å². The van der Waals surface area contributed by atoms with Crippen molar-refractivity contribution in [1.82, 2.24) is 5.32 Å². The van der Waals surface area contributed by atoms with Crippen LogP contribution in [-0.4, -0.2) is 11.9 Å². The second-order valence-corrected chi connectivity index (χ2v) is 5.87. The highest BCUT2D eigenvalue weighted by atomic mass is 32.1. The smallest absolute Gasteiger partial charge is 0.224 e. The summed E-state index contributed by atoms with van der Waals surface area (Å²) in [5, 5.41) is 5.13. The normalized spacial score (nSPS) is 16.6. The van der Waals surface area contributed by atoms with E-state index < -0.39 is 0 Å². The van der Waals surface area contributed by atoms with Crippen LogP contribution < -0.4 is 11.1 Å². The maximum Gasteiger partial charge on any atom is 0.224 e. The lowest BCUT2D eigenvalue weighted by Crippen LogP contribution is -2.41. The summed E-state index contributed by atoms with van der Waals surface area (Å²) in [7, 11) is 0. The summed E-state index contributed by atoms with van der Waals surface area (Å²) in [6.07, 6.45) is 0. The third-order valence-electron chi connectivity index (χ3n) is 3.02. The first-order valence-electron chi connectivity index (χ1n) is 6.02. The third kappa shape index (κ3) is 3.82. The molecule has 1 amide bonds. The average molecular weight is 254 g/mol. The van der Waals surface area contributed by atoms with Crippen molar-refractivity contribution in [3.05, 3.63) is 22.4 Å². The number of carbonyl (C=O) groups excluding carboxylic acids is 1. The highest BCUT2D eigenvalue weighted by Gasteiger charge is 2.23. The molecule has 0 aromatic carbocycles. The van der Waals surface area contributed by atoms with Gasteiger partial charge in [0, 0.05) is 16.8 Å². The number of hydrogen-bond donors (Lipinski definition) is 2. The van der Waals surface area contributed by atoms with Crippen LogP contribution in [0.2, 0.25) is 0 Å². The summed E-state index contributed by atoms with van der Waals surface area (Å²) >= 11 is 1.68. The molecule has 1 rings (SSSR count). The maximum absolute atomic E-state index is 12.0. The predicted octanol–water partition coefficient (Wildman–Crippen LogP) is 2.54. The van der Waals surface area contributed by atoms with Crippen LogP contribution in [0, 0.1) is 11.8 Å². The van der Waals surface area contributed by atoms with Crippen LogP contribution in [0.25, 0.3) is 0 Å². The Balaban J connectivity index is 2.72. The van der Waals surface area contributed by atoms with E-state index in [2.05, 4.69) is 25.2 Å². The number of nitrogens with one attached hydrogen (secondary N) is 1. The second-order valence-electron chi connectivity index (χ2n) is 4.89. The van der Waals surface area contributed by atoms with Crippen LogP contribution in [0.1, 0.15) is 38.6 Å². The summed E-state index contributed by atoms with van der Waals surface area (Å²) in [4.78, 5) is 13.2. The molecule has 1 aromatic heterocycles. The van der Waals surface area contributed by atoms with Gasteiger partial charge in [0.15, 0.2) is 0 Å². The number of thiophene rings is 1. The zero-order chi connectivity index (χ0) is 13.0. The average Bonchev–Trinajstić information content (AvgIpc) is 2.76. The number of carbonyl (C=O) groups is 1. The lowest BCUT2D eigenvalue weighted by Gasteiger charge is -2.24. The van der Waals surface area contributed by atoms with E-state index in [0.29, 0.717) is 5.92 Å². The van der Waals surface area contributed by atoms with E-state index in [4.69, 9.17) is 5.73 Å². The minimum Gasteiger partial charge on any atom is -0.348 e. The molecule has 0 bridgehead atoms. The van der Waals surface area contributed by atoms with E-state index in [1.165, 1.54) is 4.88 Å². The van der Waals surface area contributed by atoms with Crippen molar-refractivity contribution in [3.63, 3.8) is 0 Å². The zero-order valence-electron chi connectivity index (χ0n) is 10.9. The lowest BCUT2D eigenvalue weighted by atomic mass is 9.99. The van der Waals surface area contributed by atoms with Gasteiger partial charge in [-0.3, -0.25) is 4.79 Å². The topological polar surface area (TPSA) is 55.1 Å². The van der Waals surface area contributed by atoms with Crippen molar-refractivity contribution in [2.24, 2.45) is 17.6 Å². The Morgan fingerprint density at radius 1 is 1.35 bits per heavy atom. The van der Waals surface area contributed by atoms with Crippen LogP contribution in [0.3, 0.4) is 0 Å². The highest BCUT2D eigenvalue weighted by Crippen LogP contribution is 2.26. The van der Waals surface area contributed by atoms with Crippen LogP contribution in [0.4, 0.5) is 0 Å². The Bertz CT molecular complexity index is 346. The van der Waals surface area contributed by atoms with Gasteiger partial charge in [0.05, 0.1) is 6.04 Å². The van der Waals surface area contributed by atoms with E-state index in [-0.39, 0.29) is 23.9 Å². The molecule has 3 nitrogen and oxygen atoms in total. The molecule has 0 spiro atoms. The Morgan fingerprint density at radius 2 is 2.00 bits per heavy atom. The van der Waals surface area contributed by atoms with Gasteiger partial charge in [0.2, 0.25) is 5.91 Å². The minimum absolute atomic E-state index is 0.0344. The molecule has 3 unspecified atom stereocenters. The van der Waals surface area contributed by atoms with E-state index in [1.807, 2.05) is 25.3 Å². The Labute approximate surface area is 107 Å². The van der Waals surface area contributed by atoms with Gasteiger partial charge in [-0.2, -0.15) is 0 Å². The zero-order valence-corrected chi connectivity index (χ0v) is 11.8. The fourth-order valence-electron chi connectivity index (χ4n) is 1.56. The molecule has 96 valence electrons. The molecular weight excluding hydrogens is 232 g/mol. The van der Waals surface area contributed by atoms with Crippen molar-refractivity contribution < 1.29 is 4.79 Å². The molecule has 0 radical (unpaired) electrons.